The van der Waals surface area contributed by atoms with E-state index in [0.717, 1.165) is 16.2 Å². The molecule has 28 heavy (non-hydrogen) atoms. The molecule has 0 atom stereocenters. The number of hydrogen-bond donors (Lipinski definition) is 1. The number of nitrogens with one attached hydrogen (secondary N) is 1. The molecule has 1 amide bonds. The number of fused-ring (bicyclic) bond motifs is 1. The van der Waals surface area contributed by atoms with Gasteiger partial charge in [0, 0.05) is 25.2 Å². The number of furan rings is 1. The summed E-state index contributed by atoms with van der Waals surface area (Å²) in [7, 11) is 0. The van der Waals surface area contributed by atoms with Gasteiger partial charge in [-0.2, -0.15) is 5.10 Å². The second-order valence-electron chi connectivity index (χ2n) is 6.19. The maximum atomic E-state index is 12.2. The van der Waals surface area contributed by atoms with Crippen LogP contribution < -0.4 is 10.9 Å². The number of aromatic nitrogens is 5. The maximum Gasteiger partial charge on any atom is 0.267 e. The molecule has 4 rings (SSSR count). The standard InChI is InChI=1S/C19H18N6O3/c26-18(13-25-19(27)9-8-14(23-25)15-5-4-12-28-15)20-10-3-7-17-22-21-16-6-1-2-11-24(16)17/h1-2,4-6,8-9,11-12H,3,7,10,13H2,(H,20,26). The average Bonchev–Trinajstić information content (AvgIpc) is 3.37. The van der Waals surface area contributed by atoms with Crippen LogP contribution in [0.4, 0.5) is 0 Å². The highest BCUT2D eigenvalue weighted by Gasteiger charge is 2.10. The third-order valence-corrected chi connectivity index (χ3v) is 4.22. The summed E-state index contributed by atoms with van der Waals surface area (Å²) in [4.78, 5) is 24.1. The van der Waals surface area contributed by atoms with Gasteiger partial charge < -0.3 is 9.73 Å². The molecule has 1 N–H and O–H groups in total. The summed E-state index contributed by atoms with van der Waals surface area (Å²) in [5.74, 6) is 1.10. The van der Waals surface area contributed by atoms with Crippen LogP contribution in [-0.4, -0.2) is 36.8 Å². The molecule has 4 aromatic heterocycles. The lowest BCUT2D eigenvalue weighted by atomic mass is 10.3. The molecule has 0 fully saturated rings. The fourth-order valence-electron chi connectivity index (χ4n) is 2.85. The SMILES string of the molecule is O=C(Cn1nc(-c2ccco2)ccc1=O)NCCCc1nnc2ccccn12. The van der Waals surface area contributed by atoms with Crippen molar-refractivity contribution in [3.8, 4) is 11.5 Å². The summed E-state index contributed by atoms with van der Waals surface area (Å²) in [6, 6.07) is 12.1. The number of carbonyl (C=O) groups excluding carboxylic acids is 1. The Morgan fingerprint density at radius 3 is 2.89 bits per heavy atom. The van der Waals surface area contributed by atoms with E-state index in [0.29, 0.717) is 30.8 Å². The molecule has 0 aliphatic carbocycles. The van der Waals surface area contributed by atoms with Gasteiger partial charge in [-0.05, 0) is 36.8 Å². The molecule has 0 unspecified atom stereocenters. The van der Waals surface area contributed by atoms with Crippen molar-refractivity contribution in [1.29, 1.82) is 0 Å². The quantitative estimate of drug-likeness (QED) is 0.486. The molecule has 0 radical (unpaired) electrons. The average molecular weight is 378 g/mol. The van der Waals surface area contributed by atoms with E-state index in [9.17, 15) is 9.59 Å². The van der Waals surface area contributed by atoms with Crippen molar-refractivity contribution < 1.29 is 9.21 Å². The molecule has 0 aromatic carbocycles. The normalized spacial score (nSPS) is 11.0. The Kier molecular flexibility index (Phi) is 4.96. The van der Waals surface area contributed by atoms with Crippen molar-refractivity contribution >= 4 is 11.6 Å². The van der Waals surface area contributed by atoms with Crippen LogP contribution in [0.15, 0.2) is 64.1 Å². The van der Waals surface area contributed by atoms with Crippen molar-refractivity contribution in [2.45, 2.75) is 19.4 Å². The molecule has 9 nitrogen and oxygen atoms in total. The van der Waals surface area contributed by atoms with E-state index in [1.54, 1.807) is 18.2 Å². The number of pyridine rings is 1. The van der Waals surface area contributed by atoms with Gasteiger partial charge in [0.25, 0.3) is 5.56 Å². The molecule has 142 valence electrons. The first-order valence-corrected chi connectivity index (χ1v) is 8.88. The summed E-state index contributed by atoms with van der Waals surface area (Å²) in [5, 5.41) is 15.2. The van der Waals surface area contributed by atoms with Crippen LogP contribution in [0.2, 0.25) is 0 Å². The number of carbonyl (C=O) groups is 1. The van der Waals surface area contributed by atoms with Crippen LogP contribution in [0.3, 0.4) is 0 Å². The van der Waals surface area contributed by atoms with Gasteiger partial charge in [0.05, 0.1) is 6.26 Å². The van der Waals surface area contributed by atoms with Gasteiger partial charge >= 0.3 is 0 Å². The largest absolute Gasteiger partial charge is 0.463 e. The Morgan fingerprint density at radius 2 is 2.04 bits per heavy atom. The zero-order valence-corrected chi connectivity index (χ0v) is 15.0. The molecule has 4 aromatic rings. The summed E-state index contributed by atoms with van der Waals surface area (Å²) < 4.78 is 8.32. The highest BCUT2D eigenvalue weighted by atomic mass is 16.3. The van der Waals surface area contributed by atoms with Crippen LogP contribution >= 0.6 is 0 Å². The number of hydrogen-bond acceptors (Lipinski definition) is 6. The highest BCUT2D eigenvalue weighted by Crippen LogP contribution is 2.14. The fourth-order valence-corrected chi connectivity index (χ4v) is 2.85. The Morgan fingerprint density at radius 1 is 1.11 bits per heavy atom. The Labute approximate surface area is 159 Å². The molecule has 9 heteroatoms. The molecule has 0 spiro atoms. The number of aryl methyl sites for hydroxylation is 1. The lowest BCUT2D eigenvalue weighted by Gasteiger charge is -2.07. The first-order chi connectivity index (χ1) is 13.7. The Balaban J connectivity index is 1.31. The molecular formula is C19H18N6O3. The van der Waals surface area contributed by atoms with Crippen LogP contribution in [0.5, 0.6) is 0 Å². The molecule has 4 heterocycles. The van der Waals surface area contributed by atoms with Gasteiger partial charge in [-0.25, -0.2) is 4.68 Å². The van der Waals surface area contributed by atoms with E-state index in [1.807, 2.05) is 28.8 Å². The second kappa shape index (κ2) is 7.87. The van der Waals surface area contributed by atoms with E-state index in [-0.39, 0.29) is 18.0 Å². The van der Waals surface area contributed by atoms with Gasteiger partial charge in [0.1, 0.15) is 18.1 Å². The smallest absolute Gasteiger partial charge is 0.267 e. The molecule has 0 saturated heterocycles. The highest BCUT2D eigenvalue weighted by molar-refractivity contribution is 5.75. The van der Waals surface area contributed by atoms with Crippen molar-refractivity contribution in [2.24, 2.45) is 0 Å². The molecule has 0 saturated carbocycles. The summed E-state index contributed by atoms with van der Waals surface area (Å²) in [6.45, 7) is 0.314. The van der Waals surface area contributed by atoms with Crippen molar-refractivity contribution in [2.75, 3.05) is 6.54 Å². The summed E-state index contributed by atoms with van der Waals surface area (Å²) in [6.07, 6.45) is 4.82. The van der Waals surface area contributed by atoms with Crippen molar-refractivity contribution in [3.63, 3.8) is 0 Å². The maximum absolute atomic E-state index is 12.2. The minimum atomic E-state index is -0.347. The topological polar surface area (TPSA) is 107 Å². The minimum Gasteiger partial charge on any atom is -0.463 e. The Bertz CT molecular complexity index is 1150. The second-order valence-corrected chi connectivity index (χ2v) is 6.19. The molecule has 0 aliphatic rings. The predicted molar refractivity (Wildman–Crippen MR) is 101 cm³/mol. The zero-order valence-electron chi connectivity index (χ0n) is 15.0. The van der Waals surface area contributed by atoms with E-state index in [4.69, 9.17) is 4.42 Å². The zero-order chi connectivity index (χ0) is 19.3. The Hall–Kier alpha value is -3.75. The predicted octanol–water partition coefficient (Wildman–Crippen LogP) is 1.29. The van der Waals surface area contributed by atoms with E-state index in [2.05, 4.69) is 20.6 Å². The van der Waals surface area contributed by atoms with E-state index < -0.39 is 0 Å². The third-order valence-electron chi connectivity index (χ3n) is 4.22. The van der Waals surface area contributed by atoms with Crippen LogP contribution in [0, 0.1) is 0 Å². The van der Waals surface area contributed by atoms with Crippen LogP contribution in [0.25, 0.3) is 17.1 Å². The summed E-state index contributed by atoms with van der Waals surface area (Å²) >= 11 is 0. The lowest BCUT2D eigenvalue weighted by molar-refractivity contribution is -0.121. The van der Waals surface area contributed by atoms with Gasteiger partial charge in [0.2, 0.25) is 5.91 Å². The monoisotopic (exact) mass is 378 g/mol. The minimum absolute atomic E-state index is 0.152. The van der Waals surface area contributed by atoms with Crippen molar-refractivity contribution in [1.82, 2.24) is 29.7 Å². The molecule has 0 bridgehead atoms. The van der Waals surface area contributed by atoms with Gasteiger partial charge in [-0.15, -0.1) is 10.2 Å². The summed E-state index contributed by atoms with van der Waals surface area (Å²) in [5.41, 5.74) is 0.944. The van der Waals surface area contributed by atoms with Crippen LogP contribution in [0.1, 0.15) is 12.2 Å². The van der Waals surface area contributed by atoms with Crippen molar-refractivity contribution in [3.05, 3.63) is 71.1 Å². The lowest BCUT2D eigenvalue weighted by Crippen LogP contribution is -2.34. The third kappa shape index (κ3) is 3.83. The number of rotatable bonds is 7. The fraction of sp³-hybridized carbons (Fsp3) is 0.211. The van der Waals surface area contributed by atoms with E-state index >= 15 is 0 Å². The number of nitrogens with zero attached hydrogens (tertiary/aromatic N) is 5. The number of amides is 1. The first kappa shape index (κ1) is 17.7. The first-order valence-electron chi connectivity index (χ1n) is 8.88. The molecular weight excluding hydrogens is 360 g/mol. The van der Waals surface area contributed by atoms with Crippen LogP contribution in [-0.2, 0) is 17.8 Å². The molecule has 0 aliphatic heterocycles. The van der Waals surface area contributed by atoms with E-state index in [1.165, 1.54) is 12.3 Å². The van der Waals surface area contributed by atoms with Gasteiger partial charge in [-0.3, -0.25) is 14.0 Å². The van der Waals surface area contributed by atoms with Gasteiger partial charge in [0.15, 0.2) is 11.4 Å². The van der Waals surface area contributed by atoms with Gasteiger partial charge in [-0.1, -0.05) is 6.07 Å².